The number of esters is 1. The van der Waals surface area contributed by atoms with Gasteiger partial charge in [0.15, 0.2) is 0 Å². The molecule has 0 aliphatic heterocycles. The monoisotopic (exact) mass is 1040 g/mol. The van der Waals surface area contributed by atoms with E-state index in [4.69, 9.17) is 13.8 Å². The Kier molecular flexibility index (Phi) is 51.8. The van der Waals surface area contributed by atoms with Crippen LogP contribution in [0.25, 0.3) is 0 Å². The molecule has 0 spiro atoms. The number of carbonyl (C=O) groups is 2. The van der Waals surface area contributed by atoms with E-state index >= 15 is 0 Å². The fraction of sp³-hybridized carbons (Fsp3) is 0.903. The van der Waals surface area contributed by atoms with Crippen LogP contribution in [0.4, 0.5) is 0 Å². The minimum atomic E-state index is -4.44. The van der Waals surface area contributed by atoms with E-state index in [0.29, 0.717) is 23.9 Å². The van der Waals surface area contributed by atoms with Gasteiger partial charge >= 0.3 is 13.8 Å². The zero-order valence-corrected chi connectivity index (χ0v) is 49.6. The van der Waals surface area contributed by atoms with Crippen molar-refractivity contribution in [1.82, 2.24) is 5.32 Å². The summed E-state index contributed by atoms with van der Waals surface area (Å²) in [4.78, 5) is 37.7. The molecule has 0 aromatic heterocycles. The Labute approximate surface area is 447 Å². The Morgan fingerprint density at radius 1 is 0.472 bits per heavy atom. The average molecular weight is 1040 g/mol. The van der Waals surface area contributed by atoms with E-state index in [1.54, 1.807) is 0 Å². The Balaban J connectivity index is 5.28. The Morgan fingerprint density at radius 2 is 0.806 bits per heavy atom. The third kappa shape index (κ3) is 53.3. The van der Waals surface area contributed by atoms with Crippen LogP contribution in [0, 0.1) is 0 Å². The van der Waals surface area contributed by atoms with Gasteiger partial charge in [-0.25, -0.2) is 4.57 Å². The molecule has 1 amide bonds. The van der Waals surface area contributed by atoms with Crippen LogP contribution in [0.2, 0.25) is 0 Å². The van der Waals surface area contributed by atoms with Gasteiger partial charge in [0, 0.05) is 12.8 Å². The Morgan fingerprint density at radius 3 is 1.18 bits per heavy atom. The summed E-state index contributed by atoms with van der Waals surface area (Å²) in [5.41, 5.74) is 0. The first-order valence-electron chi connectivity index (χ1n) is 31.2. The molecule has 9 nitrogen and oxygen atoms in total. The molecule has 426 valence electrons. The molecule has 0 fully saturated rings. The molecule has 3 atom stereocenters. The lowest BCUT2D eigenvalue weighted by Crippen LogP contribution is -2.47. The molecular weight excluding hydrogens is 916 g/mol. The lowest BCUT2D eigenvalue weighted by molar-refractivity contribution is -0.870. The highest BCUT2D eigenvalue weighted by Gasteiger charge is 2.30. The third-order valence-electron chi connectivity index (χ3n) is 14.1. The number of ether oxygens (including phenoxy) is 1. The molecule has 0 saturated carbocycles. The van der Waals surface area contributed by atoms with E-state index in [1.165, 1.54) is 218 Å². The predicted molar refractivity (Wildman–Crippen MR) is 310 cm³/mol. The number of hydrogen-bond acceptors (Lipinski definition) is 6. The lowest BCUT2D eigenvalue weighted by atomic mass is 10.0. The second kappa shape index (κ2) is 52.9. The van der Waals surface area contributed by atoms with Crippen molar-refractivity contribution >= 4 is 19.7 Å². The fourth-order valence-electron chi connectivity index (χ4n) is 9.29. The van der Waals surface area contributed by atoms with E-state index in [0.717, 1.165) is 57.8 Å². The highest BCUT2D eigenvalue weighted by Crippen LogP contribution is 2.43. The molecule has 3 unspecified atom stereocenters. The maximum absolute atomic E-state index is 13.5. The van der Waals surface area contributed by atoms with Crippen LogP contribution in [0.5, 0.6) is 0 Å². The highest BCUT2D eigenvalue weighted by molar-refractivity contribution is 7.47. The number of unbranched alkanes of at least 4 members (excludes halogenated alkanes) is 39. The normalized spacial score (nSPS) is 13.8. The predicted octanol–water partition coefficient (Wildman–Crippen LogP) is 18.9. The molecule has 0 aliphatic rings. The van der Waals surface area contributed by atoms with Gasteiger partial charge in [0.05, 0.1) is 33.8 Å². The van der Waals surface area contributed by atoms with Crippen molar-refractivity contribution in [2.45, 2.75) is 322 Å². The number of rotatable bonds is 57. The summed E-state index contributed by atoms with van der Waals surface area (Å²) in [7, 11) is 1.51. The molecule has 0 aromatic carbocycles. The number of phosphoric acid groups is 1. The molecule has 10 heteroatoms. The first-order valence-corrected chi connectivity index (χ1v) is 32.7. The number of hydrogen-bond donors (Lipinski definition) is 2. The third-order valence-corrected chi connectivity index (χ3v) is 15.1. The molecule has 0 aliphatic carbocycles. The molecular formula is C62H122N2O7P+. The number of carbonyl (C=O) groups excluding carboxylic acids is 2. The number of nitrogens with zero attached hydrogens (tertiary/aromatic N) is 1. The van der Waals surface area contributed by atoms with Gasteiger partial charge < -0.3 is 19.4 Å². The molecule has 0 bridgehead atoms. The maximum atomic E-state index is 13.5. The van der Waals surface area contributed by atoms with Gasteiger partial charge in [0.25, 0.3) is 0 Å². The van der Waals surface area contributed by atoms with Crippen molar-refractivity contribution in [3.05, 3.63) is 24.3 Å². The van der Waals surface area contributed by atoms with Gasteiger partial charge in [-0.05, 0) is 57.4 Å². The van der Waals surface area contributed by atoms with Crippen molar-refractivity contribution in [2.75, 3.05) is 40.9 Å². The van der Waals surface area contributed by atoms with Crippen molar-refractivity contribution < 1.29 is 37.3 Å². The largest absolute Gasteiger partial charge is 0.472 e. The van der Waals surface area contributed by atoms with Crippen LogP contribution in [0.1, 0.15) is 310 Å². The number of phosphoric ester groups is 1. The SMILES string of the molecule is CCCCCCCC/C=C/CCCCCCCCCC(=O)OC(/C=C/CCCCCCCCCCCCC)C(COP(=O)(O)OCC[N+](C)(C)C)NC(=O)CCCCCCCCCCCCCCCCCC. The number of amides is 1. The van der Waals surface area contributed by atoms with E-state index in [1.807, 2.05) is 33.3 Å². The highest BCUT2D eigenvalue weighted by atomic mass is 31.2. The van der Waals surface area contributed by atoms with Gasteiger partial charge in [-0.3, -0.25) is 18.6 Å². The molecule has 0 saturated heterocycles. The Bertz CT molecular complexity index is 1290. The number of allylic oxidation sites excluding steroid dienone is 3. The molecule has 72 heavy (non-hydrogen) atoms. The standard InChI is InChI=1S/C62H121N2O7P/c1-7-10-13-16-19-22-25-28-30-32-34-37-40-43-46-49-52-55-62(66)71-60(53-50-47-44-41-38-35-27-24-21-18-15-12-9-3)59(58-70-72(67,68)69-57-56-64(4,5)6)63-61(65)54-51-48-45-42-39-36-33-31-29-26-23-20-17-14-11-8-2/h28,30,50,53,59-60H,7-27,29,31-49,51-52,54-58H2,1-6H3,(H-,63,65,67,68)/p+1/b30-28+,53-50+. The molecule has 0 radical (unpaired) electrons. The van der Waals surface area contributed by atoms with Crippen LogP contribution < -0.4 is 5.32 Å². The summed E-state index contributed by atoms with van der Waals surface area (Å²) in [5, 5.41) is 3.06. The molecule has 0 rings (SSSR count). The van der Waals surface area contributed by atoms with E-state index < -0.39 is 20.0 Å². The van der Waals surface area contributed by atoms with Crippen LogP contribution in [-0.4, -0.2) is 74.3 Å². The number of nitrogens with one attached hydrogen (secondary N) is 1. The number of likely N-dealkylation sites (N-methyl/N-ethyl adjacent to an activating group) is 1. The Hall–Kier alpha value is -1.51. The van der Waals surface area contributed by atoms with Crippen molar-refractivity contribution in [3.63, 3.8) is 0 Å². The summed E-state index contributed by atoms with van der Waals surface area (Å²) in [6, 6.07) is -0.844. The summed E-state index contributed by atoms with van der Waals surface area (Å²) in [6.45, 7) is 7.05. The first kappa shape index (κ1) is 70.5. The zero-order chi connectivity index (χ0) is 52.9. The number of quaternary nitrogens is 1. The van der Waals surface area contributed by atoms with Crippen molar-refractivity contribution in [1.29, 1.82) is 0 Å². The van der Waals surface area contributed by atoms with E-state index in [2.05, 4.69) is 38.2 Å². The minimum Gasteiger partial charge on any atom is -0.456 e. The van der Waals surface area contributed by atoms with Crippen LogP contribution in [0.3, 0.4) is 0 Å². The smallest absolute Gasteiger partial charge is 0.456 e. The summed E-state index contributed by atoms with van der Waals surface area (Å²) < 4.78 is 30.7. The van der Waals surface area contributed by atoms with Gasteiger partial charge in [0.2, 0.25) is 5.91 Å². The van der Waals surface area contributed by atoms with Gasteiger partial charge in [-0.15, -0.1) is 0 Å². The topological polar surface area (TPSA) is 111 Å². The minimum absolute atomic E-state index is 0.0432. The maximum Gasteiger partial charge on any atom is 0.472 e. The molecule has 2 N–H and O–H groups in total. The molecule has 0 aromatic rings. The zero-order valence-electron chi connectivity index (χ0n) is 48.7. The lowest BCUT2D eigenvalue weighted by Gasteiger charge is -2.27. The van der Waals surface area contributed by atoms with Gasteiger partial charge in [-0.1, -0.05) is 264 Å². The van der Waals surface area contributed by atoms with E-state index in [9.17, 15) is 19.0 Å². The second-order valence-corrected chi connectivity index (χ2v) is 24.0. The summed E-state index contributed by atoms with van der Waals surface area (Å²) in [5.74, 6) is -0.493. The van der Waals surface area contributed by atoms with Crippen molar-refractivity contribution in [2.24, 2.45) is 0 Å². The average Bonchev–Trinajstić information content (AvgIpc) is 3.34. The summed E-state index contributed by atoms with van der Waals surface area (Å²) >= 11 is 0. The fourth-order valence-corrected chi connectivity index (χ4v) is 10.0. The van der Waals surface area contributed by atoms with Crippen LogP contribution >= 0.6 is 7.82 Å². The second-order valence-electron chi connectivity index (χ2n) is 22.6. The van der Waals surface area contributed by atoms with Gasteiger partial charge in [0.1, 0.15) is 19.3 Å². The van der Waals surface area contributed by atoms with Crippen molar-refractivity contribution in [3.8, 4) is 0 Å². The van der Waals surface area contributed by atoms with Crippen LogP contribution in [-0.2, 0) is 27.9 Å². The molecule has 0 heterocycles. The summed E-state index contributed by atoms with van der Waals surface area (Å²) in [6.07, 6.45) is 61.6. The van der Waals surface area contributed by atoms with Crippen LogP contribution in [0.15, 0.2) is 24.3 Å². The first-order chi connectivity index (χ1) is 34.9. The van der Waals surface area contributed by atoms with E-state index in [-0.39, 0.29) is 25.1 Å². The van der Waals surface area contributed by atoms with Gasteiger partial charge in [-0.2, -0.15) is 0 Å². The quantitative estimate of drug-likeness (QED) is 0.0205.